The quantitative estimate of drug-likeness (QED) is 0.593. The molecule has 1 N–H and O–H groups in total. The highest BCUT2D eigenvalue weighted by Gasteiger charge is 2.10. The second-order valence-electron chi connectivity index (χ2n) is 2.43. The molecule has 80 valence electrons. The van der Waals surface area contributed by atoms with Crippen LogP contribution in [0.15, 0.2) is 0 Å². The highest BCUT2D eigenvalue weighted by atomic mass is 32.5. The van der Waals surface area contributed by atoms with E-state index in [9.17, 15) is 4.89 Å². The topological polar surface area (TPSA) is 71.0 Å². The molecule has 0 rings (SSSR count). The van der Waals surface area contributed by atoms with Gasteiger partial charge in [-0.05, 0) is 0 Å². The molecule has 0 aliphatic carbocycles. The van der Waals surface area contributed by atoms with E-state index < -0.39 is 6.72 Å². The van der Waals surface area contributed by atoms with Gasteiger partial charge in [-0.2, -0.15) is 0 Å². The molecule has 0 amide bonds. The summed E-state index contributed by atoms with van der Waals surface area (Å²) in [6.07, 6.45) is 0. The Hall–Kier alpha value is 0.450. The molecule has 0 saturated carbocycles. The van der Waals surface area contributed by atoms with Gasteiger partial charge >= 0.3 is 0 Å². The standard InChI is InChI=1S/C6H15O5PS/c1-9-4-6(3-7)5-11-12(8,13)10-2/h6-7H,3-5H2,1-2H3,(H,8,13)/p-1. The van der Waals surface area contributed by atoms with Crippen LogP contribution in [0, 0.1) is 5.92 Å². The average Bonchev–Trinajstić information content (AvgIpc) is 2.12. The lowest BCUT2D eigenvalue weighted by molar-refractivity contribution is -0.205. The van der Waals surface area contributed by atoms with E-state index >= 15 is 0 Å². The third-order valence-corrected chi connectivity index (χ3v) is 3.03. The first kappa shape index (κ1) is 13.4. The first-order valence-electron chi connectivity index (χ1n) is 3.67. The highest BCUT2D eigenvalue weighted by Crippen LogP contribution is 2.37. The minimum Gasteiger partial charge on any atom is -0.780 e. The molecule has 0 fully saturated rings. The molecule has 0 aliphatic heterocycles. The molecule has 0 bridgehead atoms. The molecule has 7 heteroatoms. The molecule has 0 heterocycles. The zero-order valence-electron chi connectivity index (χ0n) is 7.63. The van der Waals surface area contributed by atoms with Crippen molar-refractivity contribution in [3.63, 3.8) is 0 Å². The second-order valence-corrected chi connectivity index (χ2v) is 5.29. The van der Waals surface area contributed by atoms with Crippen molar-refractivity contribution in [1.82, 2.24) is 0 Å². The first-order valence-corrected chi connectivity index (χ1v) is 6.22. The number of ether oxygens (including phenoxy) is 1. The fraction of sp³-hybridized carbons (Fsp3) is 1.00. The van der Waals surface area contributed by atoms with E-state index in [-0.39, 0.29) is 19.1 Å². The Morgan fingerprint density at radius 2 is 2.08 bits per heavy atom. The van der Waals surface area contributed by atoms with Crippen molar-refractivity contribution in [3.05, 3.63) is 0 Å². The summed E-state index contributed by atoms with van der Waals surface area (Å²) in [7, 11) is 2.73. The number of methoxy groups -OCH3 is 1. The summed E-state index contributed by atoms with van der Waals surface area (Å²) in [4.78, 5) is 11.1. The molecule has 13 heavy (non-hydrogen) atoms. The molecule has 0 aliphatic rings. The van der Waals surface area contributed by atoms with Crippen LogP contribution >= 0.6 is 6.72 Å². The van der Waals surface area contributed by atoms with E-state index in [2.05, 4.69) is 16.3 Å². The second kappa shape index (κ2) is 6.84. The van der Waals surface area contributed by atoms with Crippen LogP contribution in [-0.4, -0.2) is 39.1 Å². The van der Waals surface area contributed by atoms with Crippen molar-refractivity contribution >= 4 is 18.5 Å². The van der Waals surface area contributed by atoms with Gasteiger partial charge < -0.3 is 23.8 Å². The number of hydrogen-bond donors (Lipinski definition) is 1. The fourth-order valence-corrected chi connectivity index (χ4v) is 1.32. The molecule has 0 aromatic heterocycles. The maximum Gasteiger partial charge on any atom is 0.115 e. The predicted octanol–water partition coefficient (Wildman–Crippen LogP) is -0.511. The van der Waals surface area contributed by atoms with Gasteiger partial charge in [-0.15, -0.1) is 0 Å². The van der Waals surface area contributed by atoms with Crippen LogP contribution in [-0.2, 0) is 25.6 Å². The predicted molar refractivity (Wildman–Crippen MR) is 49.7 cm³/mol. The summed E-state index contributed by atoms with van der Waals surface area (Å²) < 4.78 is 14.0. The smallest absolute Gasteiger partial charge is 0.115 e. The number of rotatable bonds is 7. The third-order valence-electron chi connectivity index (χ3n) is 1.35. The lowest BCUT2D eigenvalue weighted by atomic mass is 10.2. The summed E-state index contributed by atoms with van der Waals surface area (Å²) in [5, 5.41) is 8.80. The zero-order valence-corrected chi connectivity index (χ0v) is 9.35. The molecule has 0 radical (unpaired) electrons. The maximum atomic E-state index is 11.1. The number of aliphatic hydroxyl groups excluding tert-OH is 1. The minimum atomic E-state index is -3.35. The van der Waals surface area contributed by atoms with Crippen LogP contribution in [0.25, 0.3) is 0 Å². The molecular weight excluding hydrogens is 215 g/mol. The Labute approximate surface area is 82.9 Å². The van der Waals surface area contributed by atoms with Crippen molar-refractivity contribution in [2.75, 3.05) is 34.0 Å². The lowest BCUT2D eigenvalue weighted by Crippen LogP contribution is -2.20. The zero-order chi connectivity index (χ0) is 10.3. The lowest BCUT2D eigenvalue weighted by Gasteiger charge is -2.27. The Morgan fingerprint density at radius 3 is 2.46 bits per heavy atom. The molecule has 0 aromatic carbocycles. The highest BCUT2D eigenvalue weighted by molar-refractivity contribution is 8.06. The summed E-state index contributed by atoms with van der Waals surface area (Å²) in [5.74, 6) is -0.226. The molecule has 0 spiro atoms. The van der Waals surface area contributed by atoms with Crippen molar-refractivity contribution in [3.8, 4) is 0 Å². The maximum absolute atomic E-state index is 11.1. The number of aliphatic hydroxyl groups is 1. The van der Waals surface area contributed by atoms with Gasteiger partial charge in [0.05, 0.1) is 19.8 Å². The Balaban J connectivity index is 3.77. The van der Waals surface area contributed by atoms with Crippen molar-refractivity contribution in [1.29, 1.82) is 0 Å². The van der Waals surface area contributed by atoms with Crippen molar-refractivity contribution in [2.45, 2.75) is 0 Å². The van der Waals surface area contributed by atoms with Crippen LogP contribution in [0.2, 0.25) is 0 Å². The van der Waals surface area contributed by atoms with Crippen LogP contribution in [0.3, 0.4) is 0 Å². The van der Waals surface area contributed by atoms with Crippen LogP contribution in [0.5, 0.6) is 0 Å². The monoisotopic (exact) mass is 229 g/mol. The van der Waals surface area contributed by atoms with Gasteiger partial charge in [0.15, 0.2) is 0 Å². The molecule has 5 nitrogen and oxygen atoms in total. The average molecular weight is 229 g/mol. The van der Waals surface area contributed by atoms with Crippen LogP contribution in [0.1, 0.15) is 0 Å². The minimum absolute atomic E-state index is 0.0684. The van der Waals surface area contributed by atoms with Crippen LogP contribution in [0.4, 0.5) is 0 Å². The normalized spacial score (nSPS) is 18.2. The van der Waals surface area contributed by atoms with E-state index in [0.717, 1.165) is 0 Å². The third kappa shape index (κ3) is 6.51. The van der Waals surface area contributed by atoms with Gasteiger partial charge in [0.25, 0.3) is 0 Å². The van der Waals surface area contributed by atoms with Gasteiger partial charge in [0, 0.05) is 20.1 Å². The van der Waals surface area contributed by atoms with E-state index in [1.54, 1.807) is 0 Å². The summed E-state index contributed by atoms with van der Waals surface area (Å²) in [6, 6.07) is 0. The molecule has 2 atom stereocenters. The van der Waals surface area contributed by atoms with Gasteiger partial charge in [-0.1, -0.05) is 11.8 Å². The Kier molecular flexibility index (Phi) is 7.07. The van der Waals surface area contributed by atoms with Gasteiger partial charge in [0.1, 0.15) is 6.72 Å². The van der Waals surface area contributed by atoms with E-state index in [1.807, 2.05) is 0 Å². The SMILES string of the molecule is COCC(CO)COP([O-])(=S)OC. The molecule has 2 unspecified atom stereocenters. The molecular formula is C6H14O5PS-. The van der Waals surface area contributed by atoms with Crippen LogP contribution < -0.4 is 4.89 Å². The Bertz CT molecular complexity index is 176. The largest absolute Gasteiger partial charge is 0.780 e. The first-order chi connectivity index (χ1) is 6.05. The molecule has 0 saturated heterocycles. The summed E-state index contributed by atoms with van der Waals surface area (Å²) in [5.41, 5.74) is 0. The van der Waals surface area contributed by atoms with Gasteiger partial charge in [-0.25, -0.2) is 0 Å². The summed E-state index contributed by atoms with van der Waals surface area (Å²) >= 11 is 4.48. The van der Waals surface area contributed by atoms with Gasteiger partial charge in [0.2, 0.25) is 0 Å². The Morgan fingerprint density at radius 1 is 1.46 bits per heavy atom. The van der Waals surface area contributed by atoms with Crippen molar-refractivity contribution < 1.29 is 23.8 Å². The van der Waals surface area contributed by atoms with Gasteiger partial charge in [-0.3, -0.25) is 0 Å². The fourth-order valence-electron chi connectivity index (χ4n) is 0.639. The van der Waals surface area contributed by atoms with Crippen molar-refractivity contribution in [2.24, 2.45) is 5.92 Å². The van der Waals surface area contributed by atoms with E-state index in [0.29, 0.717) is 6.61 Å². The van der Waals surface area contributed by atoms with E-state index in [4.69, 9.17) is 14.4 Å². The van der Waals surface area contributed by atoms with E-state index in [1.165, 1.54) is 14.2 Å². The molecule has 0 aromatic rings. The number of hydrogen-bond acceptors (Lipinski definition) is 6. The summed E-state index contributed by atoms with van der Waals surface area (Å²) in [6.45, 7) is -3.05.